The molecule has 1 aromatic heterocycles. The second kappa shape index (κ2) is 2.77. The lowest BCUT2D eigenvalue weighted by Crippen LogP contribution is -2.71. The maximum absolute atomic E-state index is 5.32. The molecular weight excluding hydrogens is 202 g/mol. The summed E-state index contributed by atoms with van der Waals surface area (Å²) in [6, 6.07) is 8.05. The van der Waals surface area contributed by atoms with E-state index < -0.39 is 0 Å². The van der Waals surface area contributed by atoms with E-state index in [2.05, 4.69) is 21.4 Å². The molecule has 0 unspecified atom stereocenters. The van der Waals surface area contributed by atoms with E-state index in [1.165, 1.54) is 0 Å². The minimum absolute atomic E-state index is 0.528. The van der Waals surface area contributed by atoms with Crippen molar-refractivity contribution in [2.45, 2.75) is 0 Å². The highest BCUT2D eigenvalue weighted by Crippen LogP contribution is 2.39. The number of nitrogens with one attached hydrogen (secondary N) is 1. The molecule has 0 amide bonds. The Morgan fingerprint density at radius 2 is 2.06 bits per heavy atom. The molecule has 2 aliphatic rings. The van der Waals surface area contributed by atoms with Gasteiger partial charge < -0.3 is 14.7 Å². The van der Waals surface area contributed by atoms with Crippen molar-refractivity contribution < 1.29 is 4.52 Å². The van der Waals surface area contributed by atoms with Crippen molar-refractivity contribution in [3.05, 3.63) is 24.3 Å². The molecule has 16 heavy (non-hydrogen) atoms. The number of benzene rings is 1. The molecule has 2 saturated heterocycles. The van der Waals surface area contributed by atoms with E-state index in [-0.39, 0.29) is 0 Å². The van der Waals surface area contributed by atoms with Crippen molar-refractivity contribution in [2.24, 2.45) is 5.41 Å². The molecule has 4 heteroatoms. The third kappa shape index (κ3) is 0.998. The van der Waals surface area contributed by atoms with Crippen LogP contribution in [0.25, 0.3) is 11.0 Å². The Hall–Kier alpha value is -1.55. The highest BCUT2D eigenvalue weighted by atomic mass is 16.5. The number of rotatable bonds is 1. The van der Waals surface area contributed by atoms with Crippen molar-refractivity contribution in [3.63, 3.8) is 0 Å². The van der Waals surface area contributed by atoms with Gasteiger partial charge in [-0.25, -0.2) is 0 Å². The average Bonchev–Trinajstić information content (AvgIpc) is 2.58. The summed E-state index contributed by atoms with van der Waals surface area (Å²) in [7, 11) is 0. The van der Waals surface area contributed by atoms with Gasteiger partial charge in [-0.2, -0.15) is 0 Å². The molecule has 4 nitrogen and oxygen atoms in total. The molecule has 2 aliphatic heterocycles. The van der Waals surface area contributed by atoms with Gasteiger partial charge in [0.2, 0.25) is 0 Å². The molecule has 4 rings (SSSR count). The van der Waals surface area contributed by atoms with Crippen molar-refractivity contribution in [2.75, 3.05) is 31.1 Å². The van der Waals surface area contributed by atoms with Crippen molar-refractivity contribution in [1.29, 1.82) is 0 Å². The van der Waals surface area contributed by atoms with Crippen molar-refractivity contribution in [1.82, 2.24) is 10.5 Å². The molecule has 0 atom stereocenters. The quantitative estimate of drug-likeness (QED) is 0.777. The molecule has 0 saturated carbocycles. The van der Waals surface area contributed by atoms with E-state index in [4.69, 9.17) is 4.52 Å². The number of hydrogen-bond donors (Lipinski definition) is 1. The summed E-state index contributed by atoms with van der Waals surface area (Å²) in [6.07, 6.45) is 0. The Morgan fingerprint density at radius 1 is 1.25 bits per heavy atom. The number of nitrogens with zero attached hydrogens (tertiary/aromatic N) is 2. The van der Waals surface area contributed by atoms with Crippen LogP contribution in [-0.4, -0.2) is 31.3 Å². The summed E-state index contributed by atoms with van der Waals surface area (Å²) in [6.45, 7) is 4.52. The lowest BCUT2D eigenvalue weighted by Gasteiger charge is -2.56. The normalized spacial score (nSPS) is 22.1. The van der Waals surface area contributed by atoms with E-state index in [1.54, 1.807) is 0 Å². The van der Waals surface area contributed by atoms with Gasteiger partial charge in [0.15, 0.2) is 11.4 Å². The third-order valence-electron chi connectivity index (χ3n) is 3.71. The fraction of sp³-hybridized carbons (Fsp3) is 0.417. The smallest absolute Gasteiger partial charge is 0.179 e. The number of anilines is 1. The van der Waals surface area contributed by atoms with Crippen molar-refractivity contribution >= 4 is 16.8 Å². The lowest BCUT2D eigenvalue weighted by atomic mass is 9.74. The SMILES string of the molecule is c1ccc2c(N3CC4(CNC4)C3)noc2c1. The van der Waals surface area contributed by atoms with E-state index >= 15 is 0 Å². The Balaban J connectivity index is 1.68. The monoisotopic (exact) mass is 215 g/mol. The maximum Gasteiger partial charge on any atom is 0.179 e. The lowest BCUT2D eigenvalue weighted by molar-refractivity contribution is 0.120. The van der Waals surface area contributed by atoms with Crippen LogP contribution in [0.2, 0.25) is 0 Å². The largest absolute Gasteiger partial charge is 0.354 e. The molecule has 0 radical (unpaired) electrons. The van der Waals surface area contributed by atoms with Crippen LogP contribution in [0.15, 0.2) is 28.8 Å². The van der Waals surface area contributed by atoms with Gasteiger partial charge in [-0.1, -0.05) is 17.3 Å². The molecule has 1 aromatic carbocycles. The van der Waals surface area contributed by atoms with E-state index in [9.17, 15) is 0 Å². The first-order valence-corrected chi connectivity index (χ1v) is 5.67. The van der Waals surface area contributed by atoms with Crippen LogP contribution in [0.3, 0.4) is 0 Å². The standard InChI is InChI=1S/C12H13N3O/c1-2-4-10-9(3-1)11(14-16-10)15-7-12(8-15)5-13-6-12/h1-4,13H,5-8H2. The first-order valence-electron chi connectivity index (χ1n) is 5.67. The van der Waals surface area contributed by atoms with Gasteiger partial charge >= 0.3 is 0 Å². The van der Waals surface area contributed by atoms with E-state index in [0.717, 1.165) is 43.0 Å². The van der Waals surface area contributed by atoms with Crippen LogP contribution >= 0.6 is 0 Å². The Labute approximate surface area is 93.2 Å². The van der Waals surface area contributed by atoms with Gasteiger partial charge in [0.25, 0.3) is 0 Å². The summed E-state index contributed by atoms with van der Waals surface area (Å²) >= 11 is 0. The highest BCUT2D eigenvalue weighted by molar-refractivity contribution is 5.88. The van der Waals surface area contributed by atoms with E-state index in [1.807, 2.05) is 18.2 Å². The van der Waals surface area contributed by atoms with Gasteiger partial charge in [0.05, 0.1) is 5.39 Å². The van der Waals surface area contributed by atoms with E-state index in [0.29, 0.717) is 5.41 Å². The summed E-state index contributed by atoms with van der Waals surface area (Å²) in [4.78, 5) is 2.31. The summed E-state index contributed by atoms with van der Waals surface area (Å²) in [5, 5.41) is 8.64. The minimum atomic E-state index is 0.528. The Bertz CT molecular complexity index is 536. The summed E-state index contributed by atoms with van der Waals surface area (Å²) in [5.74, 6) is 1.01. The van der Waals surface area contributed by atoms with Gasteiger partial charge in [-0.3, -0.25) is 0 Å². The van der Waals surface area contributed by atoms with Crippen LogP contribution < -0.4 is 10.2 Å². The van der Waals surface area contributed by atoms with Crippen LogP contribution in [0.4, 0.5) is 5.82 Å². The average molecular weight is 215 g/mol. The highest BCUT2D eigenvalue weighted by Gasteiger charge is 2.48. The first kappa shape index (κ1) is 8.58. The molecule has 2 aromatic rings. The molecule has 82 valence electrons. The second-order valence-electron chi connectivity index (χ2n) is 4.96. The zero-order chi connectivity index (χ0) is 10.6. The molecule has 2 fully saturated rings. The summed E-state index contributed by atoms with van der Waals surface area (Å²) < 4.78 is 5.32. The minimum Gasteiger partial charge on any atom is -0.354 e. The zero-order valence-corrected chi connectivity index (χ0v) is 8.94. The van der Waals surface area contributed by atoms with Gasteiger partial charge in [-0.05, 0) is 12.1 Å². The third-order valence-corrected chi connectivity index (χ3v) is 3.71. The van der Waals surface area contributed by atoms with Crippen LogP contribution in [0.1, 0.15) is 0 Å². The Kier molecular flexibility index (Phi) is 1.48. The number of fused-ring (bicyclic) bond motifs is 1. The fourth-order valence-corrected chi connectivity index (χ4v) is 2.72. The maximum atomic E-state index is 5.32. The number of hydrogen-bond acceptors (Lipinski definition) is 4. The predicted molar refractivity (Wildman–Crippen MR) is 61.5 cm³/mol. The topological polar surface area (TPSA) is 41.3 Å². The van der Waals surface area contributed by atoms with Crippen molar-refractivity contribution in [3.8, 4) is 0 Å². The molecule has 3 heterocycles. The second-order valence-corrected chi connectivity index (χ2v) is 4.96. The molecule has 1 N–H and O–H groups in total. The molecule has 0 bridgehead atoms. The summed E-state index contributed by atoms with van der Waals surface area (Å²) in [5.41, 5.74) is 1.41. The van der Waals surface area contributed by atoms with Crippen LogP contribution in [0, 0.1) is 5.41 Å². The zero-order valence-electron chi connectivity index (χ0n) is 8.94. The Morgan fingerprint density at radius 3 is 2.81 bits per heavy atom. The van der Waals surface area contributed by atoms with Gasteiger partial charge in [-0.15, -0.1) is 0 Å². The fourth-order valence-electron chi connectivity index (χ4n) is 2.72. The van der Waals surface area contributed by atoms with Gasteiger partial charge in [0, 0.05) is 31.6 Å². The predicted octanol–water partition coefficient (Wildman–Crippen LogP) is 1.24. The molecule has 1 spiro atoms. The molecule has 0 aliphatic carbocycles. The number of para-hydroxylation sites is 1. The first-order chi connectivity index (χ1) is 7.86. The van der Waals surface area contributed by atoms with Crippen LogP contribution in [-0.2, 0) is 0 Å². The number of aromatic nitrogens is 1. The van der Waals surface area contributed by atoms with Gasteiger partial charge in [0.1, 0.15) is 0 Å². The molecular formula is C12H13N3O. The van der Waals surface area contributed by atoms with Crippen LogP contribution in [0.5, 0.6) is 0 Å².